The summed E-state index contributed by atoms with van der Waals surface area (Å²) in [5.41, 5.74) is 2.36. The van der Waals surface area contributed by atoms with Crippen LogP contribution in [0.3, 0.4) is 0 Å². The molecule has 0 aliphatic heterocycles. The van der Waals surface area contributed by atoms with E-state index in [2.05, 4.69) is 19.1 Å². The van der Waals surface area contributed by atoms with Gasteiger partial charge in [0.05, 0.1) is 6.10 Å². The monoisotopic (exact) mass is 235 g/mol. The number of carbonyl (C=O) groups is 1. The van der Waals surface area contributed by atoms with Gasteiger partial charge in [0.2, 0.25) is 5.91 Å². The molecule has 1 aromatic carbocycles. The van der Waals surface area contributed by atoms with Crippen molar-refractivity contribution >= 4 is 5.91 Å². The quantitative estimate of drug-likeness (QED) is 0.784. The molecule has 0 saturated heterocycles. The number of likely N-dealkylation sites (N-methyl/N-ethyl adjacent to an activating group) is 1. The molecule has 0 aliphatic carbocycles. The summed E-state index contributed by atoms with van der Waals surface area (Å²) < 4.78 is 5.29. The molecule has 17 heavy (non-hydrogen) atoms. The molecule has 1 aromatic rings. The minimum Gasteiger partial charge on any atom is -0.369 e. The molecule has 0 spiro atoms. The molecule has 1 amide bonds. The van der Waals surface area contributed by atoms with Gasteiger partial charge in [0.15, 0.2) is 0 Å². The summed E-state index contributed by atoms with van der Waals surface area (Å²) in [6, 6.07) is 8.20. The highest BCUT2D eigenvalue weighted by Crippen LogP contribution is 2.06. The first-order valence-corrected chi connectivity index (χ1v) is 5.90. The zero-order chi connectivity index (χ0) is 12.8. The Bertz CT molecular complexity index is 357. The summed E-state index contributed by atoms with van der Waals surface area (Å²) in [6.45, 7) is 6.68. The Morgan fingerprint density at radius 3 is 2.41 bits per heavy atom. The van der Waals surface area contributed by atoms with Crippen LogP contribution in [0.1, 0.15) is 25.0 Å². The number of aryl methyl sites for hydroxylation is 1. The summed E-state index contributed by atoms with van der Waals surface area (Å²) in [6.07, 6.45) is 0.0896. The van der Waals surface area contributed by atoms with Gasteiger partial charge in [0.1, 0.15) is 6.61 Å². The van der Waals surface area contributed by atoms with Crippen LogP contribution in [0.25, 0.3) is 0 Å². The zero-order valence-electron chi connectivity index (χ0n) is 11.1. The summed E-state index contributed by atoms with van der Waals surface area (Å²) in [4.78, 5) is 13.4. The second-order valence-electron chi connectivity index (χ2n) is 4.60. The summed E-state index contributed by atoms with van der Waals surface area (Å²) in [5, 5.41) is 0. The van der Waals surface area contributed by atoms with Crippen LogP contribution in [-0.4, -0.2) is 30.6 Å². The first kappa shape index (κ1) is 13.7. The number of hydrogen-bond acceptors (Lipinski definition) is 2. The van der Waals surface area contributed by atoms with Crippen LogP contribution in [-0.2, 0) is 16.1 Å². The molecule has 1 rings (SSSR count). The van der Waals surface area contributed by atoms with Gasteiger partial charge in [-0.1, -0.05) is 29.8 Å². The van der Waals surface area contributed by atoms with Gasteiger partial charge in [-0.15, -0.1) is 0 Å². The molecular formula is C14H21NO2. The maximum Gasteiger partial charge on any atom is 0.248 e. The Balaban J connectivity index is 2.45. The molecule has 3 nitrogen and oxygen atoms in total. The van der Waals surface area contributed by atoms with Gasteiger partial charge >= 0.3 is 0 Å². The lowest BCUT2D eigenvalue weighted by molar-refractivity contribution is -0.136. The highest BCUT2D eigenvalue weighted by Gasteiger charge is 2.09. The van der Waals surface area contributed by atoms with Crippen molar-refractivity contribution in [1.82, 2.24) is 4.90 Å². The number of hydrogen-bond donors (Lipinski definition) is 0. The second kappa shape index (κ2) is 6.40. The Labute approximate surface area is 103 Å². The fourth-order valence-electron chi connectivity index (χ4n) is 1.40. The highest BCUT2D eigenvalue weighted by molar-refractivity contribution is 5.77. The average Bonchev–Trinajstić information content (AvgIpc) is 2.28. The van der Waals surface area contributed by atoms with Gasteiger partial charge in [-0.05, 0) is 26.3 Å². The molecule has 0 N–H and O–H groups in total. The van der Waals surface area contributed by atoms with Gasteiger partial charge in [-0.25, -0.2) is 0 Å². The smallest absolute Gasteiger partial charge is 0.248 e. The van der Waals surface area contributed by atoms with Crippen molar-refractivity contribution < 1.29 is 9.53 Å². The van der Waals surface area contributed by atoms with E-state index in [0.29, 0.717) is 6.54 Å². The zero-order valence-corrected chi connectivity index (χ0v) is 11.1. The molecule has 0 radical (unpaired) electrons. The minimum absolute atomic E-state index is 0.0132. The van der Waals surface area contributed by atoms with Gasteiger partial charge in [-0.3, -0.25) is 4.79 Å². The normalized spacial score (nSPS) is 10.6. The molecule has 0 atom stereocenters. The molecular weight excluding hydrogens is 214 g/mol. The predicted octanol–water partition coefficient (Wildman–Crippen LogP) is 2.38. The fraction of sp³-hybridized carbons (Fsp3) is 0.500. The minimum atomic E-state index is 0.0132. The molecule has 0 unspecified atom stereocenters. The van der Waals surface area contributed by atoms with E-state index in [0.717, 1.165) is 5.56 Å². The molecule has 3 heteroatoms. The van der Waals surface area contributed by atoms with Crippen molar-refractivity contribution in [1.29, 1.82) is 0 Å². The average molecular weight is 235 g/mol. The van der Waals surface area contributed by atoms with Crippen molar-refractivity contribution in [3.8, 4) is 0 Å². The van der Waals surface area contributed by atoms with Crippen LogP contribution in [0, 0.1) is 6.92 Å². The molecule has 0 heterocycles. The second-order valence-corrected chi connectivity index (χ2v) is 4.60. The van der Waals surface area contributed by atoms with Crippen molar-refractivity contribution in [2.75, 3.05) is 13.7 Å². The molecule has 0 saturated carbocycles. The van der Waals surface area contributed by atoms with Gasteiger partial charge in [-0.2, -0.15) is 0 Å². The number of carbonyl (C=O) groups excluding carboxylic acids is 1. The van der Waals surface area contributed by atoms with Crippen molar-refractivity contribution in [3.63, 3.8) is 0 Å². The molecule has 94 valence electrons. The molecule has 0 bridgehead atoms. The molecule has 0 aromatic heterocycles. The van der Waals surface area contributed by atoms with E-state index in [1.165, 1.54) is 5.56 Å². The van der Waals surface area contributed by atoms with E-state index in [9.17, 15) is 4.79 Å². The van der Waals surface area contributed by atoms with Crippen molar-refractivity contribution in [2.24, 2.45) is 0 Å². The van der Waals surface area contributed by atoms with Crippen LogP contribution in [0.2, 0.25) is 0 Å². The Kier molecular flexibility index (Phi) is 5.16. The first-order valence-electron chi connectivity index (χ1n) is 5.90. The van der Waals surface area contributed by atoms with E-state index in [1.807, 2.05) is 26.0 Å². The fourth-order valence-corrected chi connectivity index (χ4v) is 1.40. The standard InChI is InChI=1S/C14H21NO2/c1-11(2)17-10-14(16)15(4)9-13-7-5-12(3)6-8-13/h5-8,11H,9-10H2,1-4H3. The van der Waals surface area contributed by atoms with Crippen molar-refractivity contribution in [2.45, 2.75) is 33.4 Å². The van der Waals surface area contributed by atoms with E-state index in [4.69, 9.17) is 4.74 Å². The Morgan fingerprint density at radius 2 is 1.88 bits per heavy atom. The van der Waals surface area contributed by atoms with Crippen LogP contribution in [0.5, 0.6) is 0 Å². The number of ether oxygens (including phenoxy) is 1. The lowest BCUT2D eigenvalue weighted by Crippen LogP contribution is -2.30. The van der Waals surface area contributed by atoms with Gasteiger partial charge < -0.3 is 9.64 Å². The molecule has 0 fully saturated rings. The van der Waals surface area contributed by atoms with Crippen LogP contribution < -0.4 is 0 Å². The molecule has 0 aliphatic rings. The summed E-state index contributed by atoms with van der Waals surface area (Å²) >= 11 is 0. The van der Waals surface area contributed by atoms with Gasteiger partial charge in [0, 0.05) is 13.6 Å². The summed E-state index contributed by atoms with van der Waals surface area (Å²) in [7, 11) is 1.80. The predicted molar refractivity (Wildman–Crippen MR) is 68.7 cm³/mol. The number of rotatable bonds is 5. The van der Waals surface area contributed by atoms with E-state index < -0.39 is 0 Å². The largest absolute Gasteiger partial charge is 0.369 e. The third kappa shape index (κ3) is 5.00. The third-order valence-electron chi connectivity index (χ3n) is 2.51. The van der Waals surface area contributed by atoms with E-state index >= 15 is 0 Å². The van der Waals surface area contributed by atoms with Gasteiger partial charge in [0.25, 0.3) is 0 Å². The van der Waals surface area contributed by atoms with Crippen LogP contribution >= 0.6 is 0 Å². The van der Waals surface area contributed by atoms with Crippen LogP contribution in [0.15, 0.2) is 24.3 Å². The number of nitrogens with zero attached hydrogens (tertiary/aromatic N) is 1. The SMILES string of the molecule is Cc1ccc(CN(C)C(=O)COC(C)C)cc1. The highest BCUT2D eigenvalue weighted by atomic mass is 16.5. The lowest BCUT2D eigenvalue weighted by Gasteiger charge is -2.18. The third-order valence-corrected chi connectivity index (χ3v) is 2.51. The number of amides is 1. The van der Waals surface area contributed by atoms with Crippen molar-refractivity contribution in [3.05, 3.63) is 35.4 Å². The Morgan fingerprint density at radius 1 is 1.29 bits per heavy atom. The topological polar surface area (TPSA) is 29.5 Å². The summed E-state index contributed by atoms with van der Waals surface area (Å²) in [5.74, 6) is 0.0132. The van der Waals surface area contributed by atoms with E-state index in [1.54, 1.807) is 11.9 Å². The Hall–Kier alpha value is -1.35. The van der Waals surface area contributed by atoms with Crippen LogP contribution in [0.4, 0.5) is 0 Å². The maximum atomic E-state index is 11.7. The first-order chi connectivity index (χ1) is 7.99. The van der Waals surface area contributed by atoms with E-state index in [-0.39, 0.29) is 18.6 Å². The lowest BCUT2D eigenvalue weighted by atomic mass is 10.1. The number of benzene rings is 1. The maximum absolute atomic E-state index is 11.7.